The fourth-order valence-corrected chi connectivity index (χ4v) is 2.99. The van der Waals surface area contributed by atoms with E-state index in [0.29, 0.717) is 6.04 Å². The van der Waals surface area contributed by atoms with Gasteiger partial charge in [-0.05, 0) is 47.3 Å². The van der Waals surface area contributed by atoms with Crippen LogP contribution in [0.1, 0.15) is 17.7 Å². The van der Waals surface area contributed by atoms with Gasteiger partial charge in [-0.25, -0.2) is 0 Å². The molecule has 1 atom stereocenters. The Labute approximate surface area is 103 Å². The maximum atomic E-state index is 5.51. The molecule has 0 saturated carbocycles. The number of hydrogen-bond acceptors (Lipinski definition) is 4. The number of nitrogens with two attached hydrogens (primary N) is 1. The van der Waals surface area contributed by atoms with E-state index in [1.54, 1.807) is 18.4 Å². The Morgan fingerprint density at radius 2 is 2.40 bits per heavy atom. The van der Waals surface area contributed by atoms with Gasteiger partial charge in [0.1, 0.15) is 0 Å². The van der Waals surface area contributed by atoms with Gasteiger partial charge in [0.2, 0.25) is 0 Å². The van der Waals surface area contributed by atoms with Crippen molar-refractivity contribution in [3.05, 3.63) is 20.8 Å². The van der Waals surface area contributed by atoms with E-state index in [0.717, 1.165) is 25.9 Å². The quantitative estimate of drug-likeness (QED) is 0.461. The van der Waals surface area contributed by atoms with E-state index in [1.807, 2.05) is 0 Å². The molecule has 0 fully saturated rings. The predicted molar refractivity (Wildman–Crippen MR) is 67.9 cm³/mol. The molecule has 0 saturated heterocycles. The molecule has 0 spiro atoms. The van der Waals surface area contributed by atoms with Crippen LogP contribution in [0.15, 0.2) is 15.9 Å². The molecule has 3 N–H and O–H groups in total. The SMILES string of the molecule is COCCCC(Cc1ccc(Br)s1)NN. The molecule has 1 rings (SSSR count). The van der Waals surface area contributed by atoms with Gasteiger partial charge in [-0.1, -0.05) is 0 Å². The van der Waals surface area contributed by atoms with E-state index < -0.39 is 0 Å². The molecule has 5 heteroatoms. The third kappa shape index (κ3) is 5.08. The molecule has 86 valence electrons. The Bertz CT molecular complexity index is 280. The second kappa shape index (κ2) is 7.35. The minimum Gasteiger partial charge on any atom is -0.385 e. The number of thiophene rings is 1. The molecular formula is C10H17BrN2OS. The third-order valence-electron chi connectivity index (χ3n) is 2.21. The van der Waals surface area contributed by atoms with Crippen molar-refractivity contribution in [3.63, 3.8) is 0 Å². The van der Waals surface area contributed by atoms with Crippen LogP contribution in [-0.2, 0) is 11.2 Å². The zero-order valence-corrected chi connectivity index (χ0v) is 11.2. The molecule has 0 aliphatic heterocycles. The van der Waals surface area contributed by atoms with Crippen molar-refractivity contribution in [3.8, 4) is 0 Å². The number of nitrogens with one attached hydrogen (secondary N) is 1. The predicted octanol–water partition coefficient (Wildman–Crippen LogP) is 2.31. The highest BCUT2D eigenvalue weighted by Crippen LogP contribution is 2.23. The first-order valence-electron chi connectivity index (χ1n) is 4.95. The molecule has 0 aliphatic rings. The lowest BCUT2D eigenvalue weighted by atomic mass is 10.1. The average Bonchev–Trinajstić information content (AvgIpc) is 2.63. The molecule has 0 aromatic carbocycles. The van der Waals surface area contributed by atoms with Gasteiger partial charge in [0.25, 0.3) is 0 Å². The van der Waals surface area contributed by atoms with Gasteiger partial charge in [0.15, 0.2) is 0 Å². The molecule has 0 amide bonds. The van der Waals surface area contributed by atoms with Gasteiger partial charge in [-0.3, -0.25) is 11.3 Å². The Kier molecular flexibility index (Phi) is 6.43. The average molecular weight is 293 g/mol. The lowest BCUT2D eigenvalue weighted by Crippen LogP contribution is -2.36. The van der Waals surface area contributed by atoms with E-state index in [4.69, 9.17) is 10.6 Å². The fourth-order valence-electron chi connectivity index (χ4n) is 1.42. The first kappa shape index (κ1) is 13.1. The minimum atomic E-state index is 0.339. The van der Waals surface area contributed by atoms with Gasteiger partial charge in [-0.2, -0.15) is 0 Å². The minimum absolute atomic E-state index is 0.339. The van der Waals surface area contributed by atoms with Crippen LogP contribution >= 0.6 is 27.3 Å². The summed E-state index contributed by atoms with van der Waals surface area (Å²) >= 11 is 5.22. The fraction of sp³-hybridized carbons (Fsp3) is 0.600. The van der Waals surface area contributed by atoms with Crippen LogP contribution in [0.2, 0.25) is 0 Å². The number of halogens is 1. The molecule has 15 heavy (non-hydrogen) atoms. The first-order valence-corrected chi connectivity index (χ1v) is 6.56. The molecule has 3 nitrogen and oxygen atoms in total. The van der Waals surface area contributed by atoms with Crippen molar-refractivity contribution < 1.29 is 4.74 Å². The topological polar surface area (TPSA) is 47.3 Å². The van der Waals surface area contributed by atoms with E-state index in [9.17, 15) is 0 Å². The maximum Gasteiger partial charge on any atom is 0.0701 e. The van der Waals surface area contributed by atoms with E-state index >= 15 is 0 Å². The summed E-state index contributed by atoms with van der Waals surface area (Å²) in [5.41, 5.74) is 2.85. The maximum absolute atomic E-state index is 5.51. The molecule has 0 bridgehead atoms. The number of methoxy groups -OCH3 is 1. The number of ether oxygens (including phenoxy) is 1. The second-order valence-electron chi connectivity index (χ2n) is 3.41. The zero-order chi connectivity index (χ0) is 11.1. The largest absolute Gasteiger partial charge is 0.385 e. The van der Waals surface area contributed by atoms with Gasteiger partial charge < -0.3 is 4.74 Å². The molecular weight excluding hydrogens is 276 g/mol. The van der Waals surface area contributed by atoms with E-state index in [2.05, 4.69) is 33.5 Å². The number of hydrogen-bond donors (Lipinski definition) is 2. The van der Waals surface area contributed by atoms with E-state index in [1.165, 1.54) is 8.66 Å². The lowest BCUT2D eigenvalue weighted by Gasteiger charge is -2.14. The molecule has 0 radical (unpaired) electrons. The third-order valence-corrected chi connectivity index (χ3v) is 3.86. The highest BCUT2D eigenvalue weighted by Gasteiger charge is 2.08. The van der Waals surface area contributed by atoms with Crippen molar-refractivity contribution >= 4 is 27.3 Å². The van der Waals surface area contributed by atoms with Gasteiger partial charge in [-0.15, -0.1) is 11.3 Å². The van der Waals surface area contributed by atoms with Gasteiger partial charge >= 0.3 is 0 Å². The van der Waals surface area contributed by atoms with Crippen LogP contribution in [0.4, 0.5) is 0 Å². The summed E-state index contributed by atoms with van der Waals surface area (Å²) in [6.45, 7) is 0.798. The van der Waals surface area contributed by atoms with Crippen LogP contribution in [0.3, 0.4) is 0 Å². The Balaban J connectivity index is 2.33. The number of hydrazine groups is 1. The summed E-state index contributed by atoms with van der Waals surface area (Å²) in [5, 5.41) is 0. The monoisotopic (exact) mass is 292 g/mol. The van der Waals surface area contributed by atoms with Crippen molar-refractivity contribution in [2.24, 2.45) is 5.84 Å². The van der Waals surface area contributed by atoms with Crippen molar-refractivity contribution in [1.29, 1.82) is 0 Å². The summed E-state index contributed by atoms with van der Waals surface area (Å²) in [7, 11) is 1.72. The van der Waals surface area contributed by atoms with Crippen LogP contribution in [-0.4, -0.2) is 19.8 Å². The van der Waals surface area contributed by atoms with Crippen LogP contribution < -0.4 is 11.3 Å². The Hall–Kier alpha value is 0.0600. The standard InChI is InChI=1S/C10H17BrN2OS/c1-14-6-2-3-8(13-12)7-9-4-5-10(11)15-9/h4-5,8,13H,2-3,6-7,12H2,1H3. The van der Waals surface area contributed by atoms with Gasteiger partial charge in [0, 0.05) is 24.6 Å². The summed E-state index contributed by atoms with van der Waals surface area (Å²) in [6, 6.07) is 4.55. The highest BCUT2D eigenvalue weighted by molar-refractivity contribution is 9.11. The van der Waals surface area contributed by atoms with Crippen molar-refractivity contribution in [2.45, 2.75) is 25.3 Å². The van der Waals surface area contributed by atoms with Crippen molar-refractivity contribution in [2.75, 3.05) is 13.7 Å². The summed E-state index contributed by atoms with van der Waals surface area (Å²) < 4.78 is 6.19. The normalized spacial score (nSPS) is 13.0. The van der Waals surface area contributed by atoms with Gasteiger partial charge in [0.05, 0.1) is 3.79 Å². The molecule has 1 unspecified atom stereocenters. The first-order chi connectivity index (χ1) is 7.26. The van der Waals surface area contributed by atoms with Crippen LogP contribution in [0.5, 0.6) is 0 Å². The Morgan fingerprint density at radius 1 is 1.60 bits per heavy atom. The second-order valence-corrected chi connectivity index (χ2v) is 5.96. The summed E-state index contributed by atoms with van der Waals surface area (Å²) in [5.74, 6) is 5.51. The molecule has 0 aliphatic carbocycles. The van der Waals surface area contributed by atoms with Crippen LogP contribution in [0, 0.1) is 0 Å². The smallest absolute Gasteiger partial charge is 0.0701 e. The summed E-state index contributed by atoms with van der Waals surface area (Å²) in [4.78, 5) is 1.35. The van der Waals surface area contributed by atoms with Crippen molar-refractivity contribution in [1.82, 2.24) is 5.43 Å². The molecule has 1 aromatic rings. The molecule has 1 heterocycles. The Morgan fingerprint density at radius 3 is 2.93 bits per heavy atom. The number of rotatable bonds is 7. The highest BCUT2D eigenvalue weighted by atomic mass is 79.9. The summed E-state index contributed by atoms with van der Waals surface area (Å²) in [6.07, 6.45) is 3.06. The van der Waals surface area contributed by atoms with Crippen LogP contribution in [0.25, 0.3) is 0 Å². The lowest BCUT2D eigenvalue weighted by molar-refractivity contribution is 0.188. The molecule has 1 aromatic heterocycles. The van der Waals surface area contributed by atoms with E-state index in [-0.39, 0.29) is 0 Å². The zero-order valence-electron chi connectivity index (χ0n) is 8.83.